The molecule has 1 unspecified atom stereocenters. The van der Waals surface area contributed by atoms with Gasteiger partial charge in [0.05, 0.1) is 4.90 Å². The van der Waals surface area contributed by atoms with E-state index in [4.69, 9.17) is 4.55 Å². The second kappa shape index (κ2) is 4.53. The number of hydrogen-bond acceptors (Lipinski definition) is 1. The summed E-state index contributed by atoms with van der Waals surface area (Å²) >= 11 is 8.12. The van der Waals surface area contributed by atoms with Crippen molar-refractivity contribution in [3.05, 3.63) is 29.8 Å². The zero-order chi connectivity index (χ0) is 10.1. The van der Waals surface area contributed by atoms with Gasteiger partial charge in [0, 0.05) is 0 Å². The molecule has 1 aromatic carbocycles. The van der Waals surface area contributed by atoms with Gasteiger partial charge >= 0.3 is 0 Å². The third-order valence-corrected chi connectivity index (χ3v) is 3.43. The first kappa shape index (κ1) is 11.8. The number of hydrogen-bond donors (Lipinski definition) is 1. The molecule has 0 saturated carbocycles. The van der Waals surface area contributed by atoms with Crippen molar-refractivity contribution in [3.8, 4) is 0 Å². The van der Waals surface area contributed by atoms with Crippen molar-refractivity contribution in [3.63, 3.8) is 0 Å². The van der Waals surface area contributed by atoms with Crippen molar-refractivity contribution in [2.24, 2.45) is 0 Å². The molecule has 0 saturated heterocycles. The van der Waals surface area contributed by atoms with Crippen molar-refractivity contribution >= 4 is 58.9 Å². The summed E-state index contributed by atoms with van der Waals surface area (Å²) in [6.07, 6.45) is 0. The Labute approximate surface area is 104 Å². The van der Waals surface area contributed by atoms with Crippen LogP contribution in [0.4, 0.5) is 0 Å². The highest BCUT2D eigenvalue weighted by Crippen LogP contribution is 2.44. The molecule has 0 spiro atoms. The highest BCUT2D eigenvalue weighted by atomic mass is 80.0. The maximum absolute atomic E-state index is 10.6. The third kappa shape index (κ3) is 3.43. The quantitative estimate of drug-likeness (QED) is 0.586. The van der Waals surface area contributed by atoms with Crippen LogP contribution in [-0.4, -0.2) is 8.76 Å². The summed E-state index contributed by atoms with van der Waals surface area (Å²) in [5.74, 6) is 0. The smallest absolute Gasteiger partial charge is 0.186 e. The summed E-state index contributed by atoms with van der Waals surface area (Å²) in [6, 6.07) is 6.71. The van der Waals surface area contributed by atoms with E-state index in [-0.39, 0.29) is 0 Å². The fourth-order valence-corrected chi connectivity index (χ4v) is 1.92. The lowest BCUT2D eigenvalue weighted by Gasteiger charge is -2.11. The van der Waals surface area contributed by atoms with E-state index in [1.54, 1.807) is 24.3 Å². The molecule has 1 rings (SSSR count). The van der Waals surface area contributed by atoms with Crippen molar-refractivity contribution in [1.82, 2.24) is 0 Å². The summed E-state index contributed by atoms with van der Waals surface area (Å²) in [6.45, 7) is 0. The molecule has 0 heterocycles. The topological polar surface area (TPSA) is 37.3 Å². The Morgan fingerprint density at radius 1 is 1.15 bits per heavy atom. The summed E-state index contributed by atoms with van der Waals surface area (Å²) < 4.78 is 18.9. The number of alkyl halides is 3. The van der Waals surface area contributed by atoms with Gasteiger partial charge in [0.2, 0.25) is 0 Å². The molecular formula is C7H5Br3O2S. The molecule has 0 bridgehead atoms. The van der Waals surface area contributed by atoms with Crippen LogP contribution in [0.15, 0.2) is 29.2 Å². The van der Waals surface area contributed by atoms with Gasteiger partial charge in [-0.2, -0.15) is 0 Å². The average Bonchev–Trinajstić information content (AvgIpc) is 2.03. The minimum atomic E-state index is -1.91. The molecule has 0 amide bonds. The van der Waals surface area contributed by atoms with Crippen LogP contribution in [0.25, 0.3) is 0 Å². The van der Waals surface area contributed by atoms with Gasteiger partial charge in [-0.25, -0.2) is 4.21 Å². The van der Waals surface area contributed by atoms with E-state index in [1.165, 1.54) is 0 Å². The van der Waals surface area contributed by atoms with Crippen molar-refractivity contribution < 1.29 is 8.76 Å². The molecule has 0 aliphatic rings. The van der Waals surface area contributed by atoms with E-state index in [9.17, 15) is 4.21 Å². The Kier molecular flexibility index (Phi) is 4.12. The molecule has 0 radical (unpaired) electrons. The van der Waals surface area contributed by atoms with Gasteiger partial charge in [0.15, 0.2) is 13.2 Å². The molecule has 0 aliphatic heterocycles. The average molecular weight is 393 g/mol. The predicted octanol–water partition coefficient (Wildman–Crippen LogP) is 3.56. The van der Waals surface area contributed by atoms with Crippen molar-refractivity contribution in [2.75, 3.05) is 0 Å². The third-order valence-electron chi connectivity index (χ3n) is 1.38. The first-order valence-corrected chi connectivity index (χ1v) is 6.68. The second-order valence-corrected chi connectivity index (χ2v) is 10.0. The van der Waals surface area contributed by atoms with Gasteiger partial charge in [-0.1, -0.05) is 59.9 Å². The lowest BCUT2D eigenvalue weighted by Crippen LogP contribution is -1.97. The van der Waals surface area contributed by atoms with Crippen LogP contribution in [0.3, 0.4) is 0 Å². The zero-order valence-corrected chi connectivity index (χ0v) is 11.8. The van der Waals surface area contributed by atoms with Crippen LogP contribution in [0.5, 0.6) is 0 Å². The molecule has 13 heavy (non-hydrogen) atoms. The molecule has 0 fully saturated rings. The normalized spacial score (nSPS) is 14.2. The number of halogens is 3. The predicted molar refractivity (Wildman–Crippen MR) is 63.9 cm³/mol. The molecule has 6 heteroatoms. The van der Waals surface area contributed by atoms with Crippen LogP contribution >= 0.6 is 47.8 Å². The minimum absolute atomic E-state index is 0.389. The Hall–Kier alpha value is 0.770. The number of rotatable bonds is 1. The molecular weight excluding hydrogens is 388 g/mol. The molecule has 1 atom stereocenters. The Balaban J connectivity index is 3.01. The molecule has 0 aliphatic carbocycles. The Morgan fingerprint density at radius 3 is 1.92 bits per heavy atom. The molecule has 0 aromatic heterocycles. The summed E-state index contributed by atoms with van der Waals surface area (Å²) in [4.78, 5) is 0.389. The van der Waals surface area contributed by atoms with Gasteiger partial charge in [0.1, 0.15) is 0 Å². The molecule has 72 valence electrons. The van der Waals surface area contributed by atoms with Crippen molar-refractivity contribution in [2.45, 2.75) is 7.04 Å². The molecule has 2 nitrogen and oxygen atoms in total. The second-order valence-electron chi connectivity index (χ2n) is 2.27. The van der Waals surface area contributed by atoms with E-state index in [2.05, 4.69) is 47.8 Å². The highest BCUT2D eigenvalue weighted by molar-refractivity contribution is 9.38. The van der Waals surface area contributed by atoms with Crippen LogP contribution in [0.2, 0.25) is 0 Å². The van der Waals surface area contributed by atoms with Crippen LogP contribution in [-0.2, 0) is 13.2 Å². The molecule has 1 N–H and O–H groups in total. The van der Waals surface area contributed by atoms with Crippen LogP contribution in [0, 0.1) is 0 Å². The largest absolute Gasteiger partial charge is 0.302 e. The maximum Gasteiger partial charge on any atom is 0.186 e. The lowest BCUT2D eigenvalue weighted by atomic mass is 10.2. The fraction of sp³-hybridized carbons (Fsp3) is 0.143. The van der Waals surface area contributed by atoms with E-state index in [1.807, 2.05) is 0 Å². The van der Waals surface area contributed by atoms with E-state index in [0.717, 1.165) is 5.56 Å². The Bertz CT molecular complexity index is 318. The van der Waals surface area contributed by atoms with Gasteiger partial charge in [-0.3, -0.25) is 0 Å². The van der Waals surface area contributed by atoms with Crippen LogP contribution < -0.4 is 0 Å². The summed E-state index contributed by atoms with van der Waals surface area (Å²) in [7, 11) is 0. The van der Waals surface area contributed by atoms with Crippen molar-refractivity contribution in [1.29, 1.82) is 0 Å². The number of benzene rings is 1. The van der Waals surface area contributed by atoms with Gasteiger partial charge in [-0.05, 0) is 17.7 Å². The Morgan fingerprint density at radius 2 is 1.62 bits per heavy atom. The first-order valence-electron chi connectivity index (χ1n) is 3.19. The highest BCUT2D eigenvalue weighted by Gasteiger charge is 2.20. The lowest BCUT2D eigenvalue weighted by molar-refractivity contribution is 0.564. The van der Waals surface area contributed by atoms with Gasteiger partial charge in [-0.15, -0.1) is 0 Å². The molecule has 1 aromatic rings. The standard InChI is InChI=1S/C7H5Br3O2S/c8-7(9,10)5-1-3-6(4-2-5)13(11)12/h1-4H,(H,11,12). The summed E-state index contributed by atoms with van der Waals surface area (Å²) in [5, 5.41) is 0. The van der Waals surface area contributed by atoms with E-state index >= 15 is 0 Å². The van der Waals surface area contributed by atoms with Gasteiger partial charge < -0.3 is 4.55 Å². The first-order chi connectivity index (χ1) is 5.91. The fourth-order valence-electron chi connectivity index (χ4n) is 0.760. The minimum Gasteiger partial charge on any atom is -0.302 e. The van der Waals surface area contributed by atoms with Crippen LogP contribution in [0.1, 0.15) is 5.56 Å². The SMILES string of the molecule is O=S(O)c1ccc(C(Br)(Br)Br)cc1. The monoisotopic (exact) mass is 390 g/mol. The van der Waals surface area contributed by atoms with E-state index in [0.29, 0.717) is 4.90 Å². The maximum atomic E-state index is 10.6. The summed E-state index contributed by atoms with van der Waals surface area (Å²) in [5.41, 5.74) is 0.918. The zero-order valence-electron chi connectivity index (χ0n) is 6.21. The van der Waals surface area contributed by atoms with E-state index < -0.39 is 13.2 Å². The van der Waals surface area contributed by atoms with Gasteiger partial charge in [0.25, 0.3) is 0 Å².